The van der Waals surface area contributed by atoms with Crippen molar-refractivity contribution in [2.45, 2.75) is 5.41 Å². The molecule has 0 unspecified atom stereocenters. The molecule has 1 aliphatic carbocycles. The second-order valence-corrected chi connectivity index (χ2v) is 17.0. The minimum Gasteiger partial charge on any atom is -0.456 e. The van der Waals surface area contributed by atoms with Crippen LogP contribution in [0.1, 0.15) is 22.3 Å². The van der Waals surface area contributed by atoms with Crippen LogP contribution in [0, 0.1) is 0 Å². The molecule has 304 valence electrons. The Hall–Kier alpha value is -8.53. The highest BCUT2D eigenvalue weighted by Crippen LogP contribution is 2.57. The van der Waals surface area contributed by atoms with E-state index >= 15 is 0 Å². The molecule has 1 aliphatic rings. The molecule has 65 heavy (non-hydrogen) atoms. The topological polar surface area (TPSA) is 29.3 Å². The summed E-state index contributed by atoms with van der Waals surface area (Å²) in [6, 6.07) is 87.6. The maximum absolute atomic E-state index is 6.34. The standard InChI is InChI=1S/C62H40N2O/c1-4-19-44(20-5-1)62(45-21-6-2-7-22-45)56-28-13-10-25-49(56)54-39-55-53(40-57(54)62)50-26-11-14-29-58(50)63-61(55)43-18-16-17-42(37-43)41-31-33-47(34-32-41)64(46-23-8-3-9-24-46)48-35-36-52-51-27-12-15-30-59(51)65-60(52)38-48/h1-40H. The number of anilines is 3. The Balaban J connectivity index is 0.949. The largest absolute Gasteiger partial charge is 0.456 e. The van der Waals surface area contributed by atoms with Crippen LogP contribution in [0.25, 0.3) is 77.1 Å². The number of benzene rings is 10. The van der Waals surface area contributed by atoms with E-state index in [0.29, 0.717) is 0 Å². The molecular formula is C62H40N2O. The summed E-state index contributed by atoms with van der Waals surface area (Å²) in [7, 11) is 0. The van der Waals surface area contributed by atoms with E-state index in [1.165, 1.54) is 38.8 Å². The molecule has 0 fully saturated rings. The summed E-state index contributed by atoms with van der Waals surface area (Å²) in [6.45, 7) is 0. The second-order valence-electron chi connectivity index (χ2n) is 17.0. The number of pyridine rings is 1. The van der Waals surface area contributed by atoms with Crippen molar-refractivity contribution in [1.29, 1.82) is 0 Å². The summed E-state index contributed by atoms with van der Waals surface area (Å²) in [6.07, 6.45) is 0. The van der Waals surface area contributed by atoms with Gasteiger partial charge in [0, 0.05) is 50.2 Å². The number of aromatic nitrogens is 1. The molecular weight excluding hydrogens is 789 g/mol. The fourth-order valence-electron chi connectivity index (χ4n) is 10.6. The molecule has 2 aromatic heterocycles. The third-order valence-corrected chi connectivity index (χ3v) is 13.5. The van der Waals surface area contributed by atoms with Gasteiger partial charge in [-0.25, -0.2) is 4.98 Å². The van der Waals surface area contributed by atoms with Crippen molar-refractivity contribution in [3.05, 3.63) is 265 Å². The zero-order valence-electron chi connectivity index (χ0n) is 35.4. The summed E-state index contributed by atoms with van der Waals surface area (Å²) < 4.78 is 6.34. The van der Waals surface area contributed by atoms with Crippen LogP contribution in [0.15, 0.2) is 247 Å². The van der Waals surface area contributed by atoms with E-state index in [2.05, 4.69) is 235 Å². The molecule has 13 rings (SSSR count). The quantitative estimate of drug-likeness (QED) is 0.150. The molecule has 3 nitrogen and oxygen atoms in total. The second kappa shape index (κ2) is 14.8. The Labute approximate surface area is 377 Å². The number of hydrogen-bond acceptors (Lipinski definition) is 3. The molecule has 0 bridgehead atoms. The van der Waals surface area contributed by atoms with Gasteiger partial charge in [0.1, 0.15) is 11.2 Å². The Kier molecular flexibility index (Phi) is 8.44. The van der Waals surface area contributed by atoms with E-state index in [-0.39, 0.29) is 0 Å². The predicted molar refractivity (Wildman–Crippen MR) is 269 cm³/mol. The summed E-state index contributed by atoms with van der Waals surface area (Å²) in [5.41, 5.74) is 17.3. The highest BCUT2D eigenvalue weighted by atomic mass is 16.3. The van der Waals surface area contributed by atoms with Crippen LogP contribution in [0.4, 0.5) is 17.1 Å². The molecule has 0 saturated carbocycles. The summed E-state index contributed by atoms with van der Waals surface area (Å²) in [4.78, 5) is 7.76. The lowest BCUT2D eigenvalue weighted by Crippen LogP contribution is -2.28. The first-order chi connectivity index (χ1) is 32.2. The summed E-state index contributed by atoms with van der Waals surface area (Å²) >= 11 is 0. The van der Waals surface area contributed by atoms with Gasteiger partial charge >= 0.3 is 0 Å². The van der Waals surface area contributed by atoms with Gasteiger partial charge in [-0.2, -0.15) is 0 Å². The highest BCUT2D eigenvalue weighted by molar-refractivity contribution is 6.14. The van der Waals surface area contributed by atoms with Gasteiger partial charge in [0.2, 0.25) is 0 Å². The first-order valence-electron chi connectivity index (χ1n) is 22.3. The fourth-order valence-corrected chi connectivity index (χ4v) is 10.6. The van der Waals surface area contributed by atoms with Crippen LogP contribution in [-0.4, -0.2) is 4.98 Å². The molecule has 0 saturated heterocycles. The number of furan rings is 1. The van der Waals surface area contributed by atoms with E-state index in [9.17, 15) is 0 Å². The van der Waals surface area contributed by atoms with Crippen LogP contribution < -0.4 is 4.90 Å². The molecule has 0 atom stereocenters. The van der Waals surface area contributed by atoms with Crippen molar-refractivity contribution in [2.24, 2.45) is 0 Å². The summed E-state index contributed by atoms with van der Waals surface area (Å²) in [5, 5.41) is 5.73. The number of rotatable bonds is 7. The number of para-hydroxylation sites is 3. The van der Waals surface area contributed by atoms with Crippen molar-refractivity contribution in [2.75, 3.05) is 4.90 Å². The first-order valence-corrected chi connectivity index (χ1v) is 22.3. The SMILES string of the molecule is c1ccc(N(c2ccc(-c3cccc(-c4nc5ccccc5c5cc6c(cc45)-c4ccccc4C6(c4ccccc4)c4ccccc4)c3)cc2)c2ccc3c(c2)oc2ccccc23)cc1. The Morgan fingerprint density at radius 2 is 0.954 bits per heavy atom. The predicted octanol–water partition coefficient (Wildman–Crippen LogP) is 16.5. The first kappa shape index (κ1) is 37.1. The van der Waals surface area contributed by atoms with E-state index in [4.69, 9.17) is 9.40 Å². The van der Waals surface area contributed by atoms with Crippen molar-refractivity contribution in [3.63, 3.8) is 0 Å². The maximum Gasteiger partial charge on any atom is 0.137 e. The Morgan fingerprint density at radius 3 is 1.74 bits per heavy atom. The van der Waals surface area contributed by atoms with Gasteiger partial charge < -0.3 is 9.32 Å². The van der Waals surface area contributed by atoms with Gasteiger partial charge in [-0.3, -0.25) is 0 Å². The molecule has 0 spiro atoms. The summed E-state index contributed by atoms with van der Waals surface area (Å²) in [5.74, 6) is 0. The minimum atomic E-state index is -0.491. The van der Waals surface area contributed by atoms with E-state index in [1.54, 1.807) is 0 Å². The molecule has 12 aromatic rings. The molecule has 0 radical (unpaired) electrons. The molecule has 2 heterocycles. The van der Waals surface area contributed by atoms with Crippen molar-refractivity contribution in [3.8, 4) is 33.5 Å². The van der Waals surface area contributed by atoms with Crippen LogP contribution >= 0.6 is 0 Å². The molecule has 0 N–H and O–H groups in total. The smallest absolute Gasteiger partial charge is 0.137 e. The monoisotopic (exact) mass is 828 g/mol. The lowest BCUT2D eigenvalue weighted by Gasteiger charge is -2.34. The third-order valence-electron chi connectivity index (χ3n) is 13.5. The molecule has 3 heteroatoms. The van der Waals surface area contributed by atoms with Crippen LogP contribution in [0.2, 0.25) is 0 Å². The lowest BCUT2D eigenvalue weighted by molar-refractivity contribution is 0.669. The van der Waals surface area contributed by atoms with Gasteiger partial charge in [0.05, 0.1) is 16.6 Å². The molecule has 0 aliphatic heterocycles. The van der Waals surface area contributed by atoms with Gasteiger partial charge in [0.25, 0.3) is 0 Å². The van der Waals surface area contributed by atoms with Crippen molar-refractivity contribution >= 4 is 60.7 Å². The zero-order valence-corrected chi connectivity index (χ0v) is 35.4. The van der Waals surface area contributed by atoms with Crippen molar-refractivity contribution < 1.29 is 4.42 Å². The molecule has 10 aromatic carbocycles. The maximum atomic E-state index is 6.34. The van der Waals surface area contributed by atoms with Gasteiger partial charge in [-0.05, 0) is 117 Å². The number of fused-ring (bicyclic) bond motifs is 9. The average molecular weight is 829 g/mol. The van der Waals surface area contributed by atoms with Gasteiger partial charge in [-0.15, -0.1) is 0 Å². The highest BCUT2D eigenvalue weighted by Gasteiger charge is 2.46. The normalized spacial score (nSPS) is 12.7. The zero-order chi connectivity index (χ0) is 42.9. The Morgan fingerprint density at radius 1 is 0.338 bits per heavy atom. The molecule has 0 amide bonds. The van der Waals surface area contributed by atoms with E-state index in [0.717, 1.165) is 77.7 Å². The Bertz CT molecular complexity index is 3720. The van der Waals surface area contributed by atoms with E-state index in [1.807, 2.05) is 12.1 Å². The lowest BCUT2D eigenvalue weighted by atomic mass is 9.67. The van der Waals surface area contributed by atoms with Crippen LogP contribution in [-0.2, 0) is 5.41 Å². The number of hydrogen-bond donors (Lipinski definition) is 0. The van der Waals surface area contributed by atoms with Gasteiger partial charge in [0.15, 0.2) is 0 Å². The van der Waals surface area contributed by atoms with E-state index < -0.39 is 5.41 Å². The van der Waals surface area contributed by atoms with Crippen LogP contribution in [0.3, 0.4) is 0 Å². The number of nitrogens with zero attached hydrogens (tertiary/aromatic N) is 2. The fraction of sp³-hybridized carbons (Fsp3) is 0.0161. The van der Waals surface area contributed by atoms with Crippen LogP contribution in [0.5, 0.6) is 0 Å². The minimum absolute atomic E-state index is 0.491. The average Bonchev–Trinajstić information content (AvgIpc) is 3.90. The third kappa shape index (κ3) is 5.79. The van der Waals surface area contributed by atoms with Crippen molar-refractivity contribution in [1.82, 2.24) is 4.98 Å². The van der Waals surface area contributed by atoms with Gasteiger partial charge in [-0.1, -0.05) is 170 Å².